The molecule has 0 radical (unpaired) electrons. The van der Waals surface area contributed by atoms with Crippen LogP contribution in [0, 0.1) is 5.82 Å². The predicted molar refractivity (Wildman–Crippen MR) is 94.5 cm³/mol. The van der Waals surface area contributed by atoms with Crippen LogP contribution in [0.4, 0.5) is 4.39 Å². The molecule has 0 aliphatic heterocycles. The van der Waals surface area contributed by atoms with Gasteiger partial charge in [-0.3, -0.25) is 4.57 Å². The highest BCUT2D eigenvalue weighted by Crippen LogP contribution is 2.24. The number of hydrogen-bond donors (Lipinski definition) is 1. The number of benzene rings is 2. The van der Waals surface area contributed by atoms with Crippen LogP contribution >= 0.6 is 11.8 Å². The Labute approximate surface area is 149 Å². The lowest BCUT2D eigenvalue weighted by Gasteiger charge is -2.11. The summed E-state index contributed by atoms with van der Waals surface area (Å²) in [6.45, 7) is 0.235. The van der Waals surface area contributed by atoms with Gasteiger partial charge in [0.1, 0.15) is 6.61 Å². The average molecular weight is 359 g/mol. The van der Waals surface area contributed by atoms with Crippen LogP contribution in [0.2, 0.25) is 0 Å². The summed E-state index contributed by atoms with van der Waals surface area (Å²) in [5, 5.41) is 18.1. The van der Waals surface area contributed by atoms with Crippen molar-refractivity contribution < 1.29 is 14.2 Å². The lowest BCUT2D eigenvalue weighted by Crippen LogP contribution is -2.07. The van der Waals surface area contributed by atoms with Crippen molar-refractivity contribution in [3.05, 3.63) is 66.2 Å². The van der Waals surface area contributed by atoms with Crippen molar-refractivity contribution in [3.8, 4) is 11.4 Å². The summed E-state index contributed by atoms with van der Waals surface area (Å²) in [5.74, 6) is 1.08. The normalized spacial score (nSPS) is 10.8. The summed E-state index contributed by atoms with van der Waals surface area (Å²) in [5.41, 5.74) is 0.908. The highest BCUT2D eigenvalue weighted by molar-refractivity contribution is 7.99. The van der Waals surface area contributed by atoms with E-state index in [1.807, 2.05) is 34.9 Å². The van der Waals surface area contributed by atoms with E-state index < -0.39 is 5.82 Å². The summed E-state index contributed by atoms with van der Waals surface area (Å²) < 4.78 is 21.2. The standard InChI is InChI=1S/C18H18FN3O2S/c19-15-9-4-5-10-16(15)24-13-17-20-21-18(25-12-6-11-23)22(17)14-7-2-1-3-8-14/h1-5,7-10,23H,6,11-13H2. The van der Waals surface area contributed by atoms with Gasteiger partial charge in [0, 0.05) is 18.0 Å². The number of para-hydroxylation sites is 2. The van der Waals surface area contributed by atoms with Gasteiger partial charge in [0.25, 0.3) is 0 Å². The Bertz CT molecular complexity index is 811. The van der Waals surface area contributed by atoms with E-state index >= 15 is 0 Å². The Kier molecular flexibility index (Phi) is 6.03. The fraction of sp³-hybridized carbons (Fsp3) is 0.222. The molecule has 3 rings (SSSR count). The molecule has 1 heterocycles. The number of aliphatic hydroxyl groups is 1. The van der Waals surface area contributed by atoms with E-state index in [0.717, 1.165) is 11.4 Å². The van der Waals surface area contributed by atoms with Crippen molar-refractivity contribution in [2.45, 2.75) is 18.2 Å². The van der Waals surface area contributed by atoms with Gasteiger partial charge < -0.3 is 9.84 Å². The summed E-state index contributed by atoms with van der Waals surface area (Å²) in [6, 6.07) is 16.0. The van der Waals surface area contributed by atoms with E-state index in [1.165, 1.54) is 17.8 Å². The van der Waals surface area contributed by atoms with Crippen molar-refractivity contribution in [1.82, 2.24) is 14.8 Å². The van der Waals surface area contributed by atoms with Crippen LogP contribution < -0.4 is 4.74 Å². The lowest BCUT2D eigenvalue weighted by molar-refractivity contribution is 0.278. The van der Waals surface area contributed by atoms with Gasteiger partial charge in [0.05, 0.1) is 0 Å². The number of aliphatic hydroxyl groups excluding tert-OH is 1. The third-order valence-electron chi connectivity index (χ3n) is 3.44. The second kappa shape index (κ2) is 8.64. The molecule has 0 fully saturated rings. The molecule has 5 nitrogen and oxygen atoms in total. The third-order valence-corrected chi connectivity index (χ3v) is 4.46. The molecule has 130 valence electrons. The second-order valence-corrected chi connectivity index (χ2v) is 6.28. The first-order valence-corrected chi connectivity index (χ1v) is 8.89. The fourth-order valence-corrected chi connectivity index (χ4v) is 3.15. The minimum absolute atomic E-state index is 0.101. The zero-order valence-electron chi connectivity index (χ0n) is 13.5. The molecule has 2 aromatic carbocycles. The first-order chi connectivity index (χ1) is 12.3. The van der Waals surface area contributed by atoms with Gasteiger partial charge in [-0.1, -0.05) is 42.1 Å². The van der Waals surface area contributed by atoms with E-state index in [2.05, 4.69) is 10.2 Å². The monoisotopic (exact) mass is 359 g/mol. The van der Waals surface area contributed by atoms with Crippen LogP contribution in [0.25, 0.3) is 5.69 Å². The van der Waals surface area contributed by atoms with Gasteiger partial charge in [-0.15, -0.1) is 10.2 Å². The molecule has 0 saturated carbocycles. The second-order valence-electron chi connectivity index (χ2n) is 5.21. The number of nitrogens with zero attached hydrogens (tertiary/aromatic N) is 3. The molecule has 0 spiro atoms. The maximum Gasteiger partial charge on any atom is 0.195 e. The van der Waals surface area contributed by atoms with Crippen LogP contribution in [-0.2, 0) is 6.61 Å². The molecule has 1 N–H and O–H groups in total. The van der Waals surface area contributed by atoms with Crippen molar-refractivity contribution in [1.29, 1.82) is 0 Å². The molecule has 3 aromatic rings. The molecule has 0 aliphatic rings. The molecule has 0 atom stereocenters. The van der Waals surface area contributed by atoms with Crippen molar-refractivity contribution >= 4 is 11.8 Å². The Morgan fingerprint density at radius 2 is 1.80 bits per heavy atom. The smallest absolute Gasteiger partial charge is 0.195 e. The molecular formula is C18H18FN3O2S. The Morgan fingerprint density at radius 3 is 2.56 bits per heavy atom. The molecule has 0 aliphatic carbocycles. The zero-order valence-corrected chi connectivity index (χ0v) is 14.3. The quantitative estimate of drug-likeness (QED) is 0.493. The van der Waals surface area contributed by atoms with E-state index in [0.29, 0.717) is 17.4 Å². The van der Waals surface area contributed by atoms with Crippen LogP contribution in [-0.4, -0.2) is 32.2 Å². The highest BCUT2D eigenvalue weighted by Gasteiger charge is 2.15. The number of hydrogen-bond acceptors (Lipinski definition) is 5. The van der Waals surface area contributed by atoms with Crippen molar-refractivity contribution in [2.24, 2.45) is 0 Å². The topological polar surface area (TPSA) is 60.2 Å². The summed E-state index contributed by atoms with van der Waals surface area (Å²) in [7, 11) is 0. The molecular weight excluding hydrogens is 341 g/mol. The number of thioether (sulfide) groups is 1. The van der Waals surface area contributed by atoms with E-state index in [-0.39, 0.29) is 19.0 Å². The minimum atomic E-state index is -0.411. The molecule has 25 heavy (non-hydrogen) atoms. The maximum atomic E-state index is 13.7. The Hall–Kier alpha value is -2.38. The highest BCUT2D eigenvalue weighted by atomic mass is 32.2. The molecule has 0 unspecified atom stereocenters. The van der Waals surface area contributed by atoms with E-state index in [9.17, 15) is 4.39 Å². The molecule has 1 aromatic heterocycles. The van der Waals surface area contributed by atoms with E-state index in [4.69, 9.17) is 9.84 Å². The van der Waals surface area contributed by atoms with Crippen LogP contribution in [0.5, 0.6) is 5.75 Å². The molecule has 7 heteroatoms. The minimum Gasteiger partial charge on any atom is -0.483 e. The first-order valence-electron chi connectivity index (χ1n) is 7.90. The van der Waals surface area contributed by atoms with Gasteiger partial charge in [-0.25, -0.2) is 4.39 Å². The fourth-order valence-electron chi connectivity index (χ4n) is 2.26. The van der Waals surface area contributed by atoms with E-state index in [1.54, 1.807) is 18.2 Å². The molecule has 0 saturated heterocycles. The number of ether oxygens (including phenoxy) is 1. The summed E-state index contributed by atoms with van der Waals surface area (Å²) >= 11 is 1.51. The van der Waals surface area contributed by atoms with Crippen LogP contribution in [0.3, 0.4) is 0 Å². The number of rotatable bonds is 8. The van der Waals surface area contributed by atoms with Gasteiger partial charge in [0.15, 0.2) is 22.5 Å². The Morgan fingerprint density at radius 1 is 1.04 bits per heavy atom. The van der Waals surface area contributed by atoms with Crippen molar-refractivity contribution in [3.63, 3.8) is 0 Å². The third kappa shape index (κ3) is 4.37. The number of aromatic nitrogens is 3. The first kappa shape index (κ1) is 17.4. The number of halogens is 1. The van der Waals surface area contributed by atoms with Gasteiger partial charge in [-0.2, -0.15) is 0 Å². The van der Waals surface area contributed by atoms with Gasteiger partial charge in [-0.05, 0) is 30.7 Å². The molecule has 0 amide bonds. The Balaban J connectivity index is 1.84. The van der Waals surface area contributed by atoms with Gasteiger partial charge >= 0.3 is 0 Å². The van der Waals surface area contributed by atoms with Gasteiger partial charge in [0.2, 0.25) is 0 Å². The van der Waals surface area contributed by atoms with Crippen LogP contribution in [0.15, 0.2) is 59.8 Å². The summed E-state index contributed by atoms with van der Waals surface area (Å²) in [4.78, 5) is 0. The SMILES string of the molecule is OCCCSc1nnc(COc2ccccc2F)n1-c1ccccc1. The molecule has 0 bridgehead atoms. The predicted octanol–water partition coefficient (Wildman–Crippen LogP) is 3.46. The van der Waals surface area contributed by atoms with Crippen molar-refractivity contribution in [2.75, 3.05) is 12.4 Å². The van der Waals surface area contributed by atoms with Crippen LogP contribution in [0.1, 0.15) is 12.2 Å². The largest absolute Gasteiger partial charge is 0.483 e. The lowest BCUT2D eigenvalue weighted by atomic mass is 10.3. The average Bonchev–Trinajstić information content (AvgIpc) is 3.05. The zero-order chi connectivity index (χ0) is 17.5. The summed E-state index contributed by atoms with van der Waals surface area (Å²) in [6.07, 6.45) is 0.674. The maximum absolute atomic E-state index is 13.7.